The minimum Gasteiger partial charge on any atom is -0.497 e. The minimum absolute atomic E-state index is 0.531. The molecule has 2 aromatic rings. The molecule has 1 heterocycles. The van der Waals surface area contributed by atoms with E-state index in [1.54, 1.807) is 32.7 Å². The van der Waals surface area contributed by atoms with Gasteiger partial charge in [-0.1, -0.05) is 0 Å². The SMILES string of the molecule is COCc1nc(-c2ccc(OC)cc2OC)cs1. The van der Waals surface area contributed by atoms with E-state index in [1.165, 1.54) is 0 Å². The van der Waals surface area contributed by atoms with Gasteiger partial charge in [0.15, 0.2) is 0 Å². The van der Waals surface area contributed by atoms with E-state index in [0.29, 0.717) is 6.61 Å². The average molecular weight is 265 g/mol. The number of rotatable bonds is 5. The average Bonchev–Trinajstić information content (AvgIpc) is 2.87. The molecule has 0 amide bonds. The van der Waals surface area contributed by atoms with Gasteiger partial charge in [0.1, 0.15) is 16.5 Å². The van der Waals surface area contributed by atoms with E-state index >= 15 is 0 Å². The van der Waals surface area contributed by atoms with Crippen molar-refractivity contribution in [3.8, 4) is 22.8 Å². The van der Waals surface area contributed by atoms with Crippen molar-refractivity contribution in [3.05, 3.63) is 28.6 Å². The summed E-state index contributed by atoms with van der Waals surface area (Å²) in [5.74, 6) is 1.52. The van der Waals surface area contributed by atoms with Crippen LogP contribution >= 0.6 is 11.3 Å². The second-order valence-electron chi connectivity index (χ2n) is 3.63. The van der Waals surface area contributed by atoms with E-state index in [-0.39, 0.29) is 0 Å². The maximum Gasteiger partial charge on any atom is 0.131 e. The van der Waals surface area contributed by atoms with Crippen LogP contribution in [0.1, 0.15) is 5.01 Å². The molecule has 96 valence electrons. The van der Waals surface area contributed by atoms with Crippen molar-refractivity contribution in [1.82, 2.24) is 4.98 Å². The predicted molar refractivity (Wildman–Crippen MR) is 71.4 cm³/mol. The zero-order valence-electron chi connectivity index (χ0n) is 10.6. The molecule has 0 radical (unpaired) electrons. The smallest absolute Gasteiger partial charge is 0.131 e. The van der Waals surface area contributed by atoms with Gasteiger partial charge in [-0.2, -0.15) is 0 Å². The summed E-state index contributed by atoms with van der Waals surface area (Å²) in [6.45, 7) is 0.531. The molecule has 0 fully saturated rings. The molecule has 0 aliphatic carbocycles. The molecule has 0 spiro atoms. The number of nitrogens with zero attached hydrogens (tertiary/aromatic N) is 1. The Morgan fingerprint density at radius 3 is 2.67 bits per heavy atom. The van der Waals surface area contributed by atoms with Crippen LogP contribution in [0.3, 0.4) is 0 Å². The van der Waals surface area contributed by atoms with Crippen LogP contribution in [0.5, 0.6) is 11.5 Å². The summed E-state index contributed by atoms with van der Waals surface area (Å²) in [5, 5.41) is 2.95. The first-order valence-electron chi connectivity index (χ1n) is 5.44. The molecular weight excluding hydrogens is 250 g/mol. The van der Waals surface area contributed by atoms with Gasteiger partial charge in [-0.3, -0.25) is 0 Å². The summed E-state index contributed by atoms with van der Waals surface area (Å²) in [5.41, 5.74) is 1.85. The fraction of sp³-hybridized carbons (Fsp3) is 0.308. The molecule has 1 aromatic heterocycles. The van der Waals surface area contributed by atoms with Crippen molar-refractivity contribution in [2.24, 2.45) is 0 Å². The van der Waals surface area contributed by atoms with Crippen molar-refractivity contribution < 1.29 is 14.2 Å². The summed E-state index contributed by atoms with van der Waals surface area (Å²) in [4.78, 5) is 4.51. The van der Waals surface area contributed by atoms with Crippen molar-refractivity contribution in [2.75, 3.05) is 21.3 Å². The minimum atomic E-state index is 0.531. The van der Waals surface area contributed by atoms with Crippen LogP contribution in [-0.4, -0.2) is 26.3 Å². The van der Waals surface area contributed by atoms with Gasteiger partial charge < -0.3 is 14.2 Å². The van der Waals surface area contributed by atoms with Gasteiger partial charge in [0, 0.05) is 24.1 Å². The molecule has 0 saturated heterocycles. The highest BCUT2D eigenvalue weighted by molar-refractivity contribution is 7.09. The lowest BCUT2D eigenvalue weighted by Gasteiger charge is -2.08. The largest absolute Gasteiger partial charge is 0.497 e. The molecule has 4 nitrogen and oxygen atoms in total. The summed E-state index contributed by atoms with van der Waals surface area (Å²) < 4.78 is 15.6. The third-order valence-corrected chi connectivity index (χ3v) is 3.33. The molecule has 0 bridgehead atoms. The zero-order valence-corrected chi connectivity index (χ0v) is 11.4. The van der Waals surface area contributed by atoms with Crippen LogP contribution in [0.2, 0.25) is 0 Å². The van der Waals surface area contributed by atoms with Gasteiger partial charge in [-0.25, -0.2) is 4.98 Å². The van der Waals surface area contributed by atoms with Crippen LogP contribution in [0.4, 0.5) is 0 Å². The summed E-state index contributed by atoms with van der Waals surface area (Å²) >= 11 is 1.58. The Labute approximate surface area is 110 Å². The molecule has 0 N–H and O–H groups in total. The van der Waals surface area contributed by atoms with Gasteiger partial charge in [-0.15, -0.1) is 11.3 Å². The number of ether oxygens (including phenoxy) is 3. The molecular formula is C13H15NO3S. The quantitative estimate of drug-likeness (QED) is 0.833. The van der Waals surface area contributed by atoms with E-state index in [2.05, 4.69) is 4.98 Å². The number of hydrogen-bond acceptors (Lipinski definition) is 5. The number of hydrogen-bond donors (Lipinski definition) is 0. The maximum absolute atomic E-state index is 5.36. The highest BCUT2D eigenvalue weighted by atomic mass is 32.1. The molecule has 0 aliphatic heterocycles. The van der Waals surface area contributed by atoms with Crippen LogP contribution in [0, 0.1) is 0 Å². The normalized spacial score (nSPS) is 10.4. The Kier molecular flexibility index (Phi) is 4.17. The zero-order chi connectivity index (χ0) is 13.0. The first-order valence-corrected chi connectivity index (χ1v) is 6.32. The Morgan fingerprint density at radius 1 is 1.17 bits per heavy atom. The van der Waals surface area contributed by atoms with Crippen molar-refractivity contribution in [3.63, 3.8) is 0 Å². The van der Waals surface area contributed by atoms with Gasteiger partial charge >= 0.3 is 0 Å². The van der Waals surface area contributed by atoms with E-state index in [4.69, 9.17) is 14.2 Å². The van der Waals surface area contributed by atoms with Crippen molar-refractivity contribution >= 4 is 11.3 Å². The summed E-state index contributed by atoms with van der Waals surface area (Å²) in [6.07, 6.45) is 0. The number of methoxy groups -OCH3 is 3. The Hall–Kier alpha value is -1.59. The molecule has 2 rings (SSSR count). The highest BCUT2D eigenvalue weighted by Gasteiger charge is 2.11. The molecule has 0 atom stereocenters. The number of thiazole rings is 1. The monoisotopic (exact) mass is 265 g/mol. The van der Waals surface area contributed by atoms with E-state index in [1.807, 2.05) is 23.6 Å². The third kappa shape index (κ3) is 2.63. The molecule has 1 aromatic carbocycles. The predicted octanol–water partition coefficient (Wildman–Crippen LogP) is 2.97. The second kappa shape index (κ2) is 5.84. The summed E-state index contributed by atoms with van der Waals surface area (Å²) in [6, 6.07) is 5.70. The topological polar surface area (TPSA) is 40.6 Å². The van der Waals surface area contributed by atoms with Gasteiger partial charge in [-0.05, 0) is 12.1 Å². The van der Waals surface area contributed by atoms with Crippen molar-refractivity contribution in [1.29, 1.82) is 0 Å². The Bertz CT molecular complexity index is 525. The standard InChI is InChI=1S/C13H15NO3S/c1-15-7-13-14-11(8-18-13)10-5-4-9(16-2)6-12(10)17-3/h4-6,8H,7H2,1-3H3. The second-order valence-corrected chi connectivity index (χ2v) is 4.57. The fourth-order valence-corrected chi connectivity index (χ4v) is 2.40. The Morgan fingerprint density at radius 2 is 2.00 bits per heavy atom. The summed E-state index contributed by atoms with van der Waals surface area (Å²) in [7, 11) is 4.93. The fourth-order valence-electron chi connectivity index (χ4n) is 1.63. The lowest BCUT2D eigenvalue weighted by atomic mass is 10.1. The molecule has 0 aliphatic rings. The number of aromatic nitrogens is 1. The Balaban J connectivity index is 2.36. The van der Waals surface area contributed by atoms with Crippen molar-refractivity contribution in [2.45, 2.75) is 6.61 Å². The lowest BCUT2D eigenvalue weighted by Crippen LogP contribution is -1.91. The molecule has 0 unspecified atom stereocenters. The molecule has 0 saturated carbocycles. The number of benzene rings is 1. The first-order chi connectivity index (χ1) is 8.78. The third-order valence-electron chi connectivity index (χ3n) is 2.50. The van der Waals surface area contributed by atoms with E-state index in [9.17, 15) is 0 Å². The van der Waals surface area contributed by atoms with Crippen LogP contribution in [-0.2, 0) is 11.3 Å². The first kappa shape index (κ1) is 12.9. The van der Waals surface area contributed by atoms with E-state index in [0.717, 1.165) is 27.8 Å². The van der Waals surface area contributed by atoms with Crippen LogP contribution in [0.15, 0.2) is 23.6 Å². The van der Waals surface area contributed by atoms with Crippen LogP contribution in [0.25, 0.3) is 11.3 Å². The highest BCUT2D eigenvalue weighted by Crippen LogP contribution is 2.33. The maximum atomic E-state index is 5.36. The van der Waals surface area contributed by atoms with E-state index < -0.39 is 0 Å². The molecule has 5 heteroatoms. The molecule has 18 heavy (non-hydrogen) atoms. The van der Waals surface area contributed by atoms with Gasteiger partial charge in [0.05, 0.1) is 26.5 Å². The lowest BCUT2D eigenvalue weighted by molar-refractivity contribution is 0.184. The van der Waals surface area contributed by atoms with Gasteiger partial charge in [0.2, 0.25) is 0 Å². The van der Waals surface area contributed by atoms with Crippen LogP contribution < -0.4 is 9.47 Å². The van der Waals surface area contributed by atoms with Gasteiger partial charge in [0.25, 0.3) is 0 Å².